The monoisotopic (exact) mass is 727 g/mol. The summed E-state index contributed by atoms with van der Waals surface area (Å²) in [5.74, 6) is 0.359. The van der Waals surface area contributed by atoms with E-state index >= 15 is 0 Å². The van der Waals surface area contributed by atoms with Gasteiger partial charge in [-0.1, -0.05) is 140 Å². The lowest BCUT2D eigenvalue weighted by Crippen LogP contribution is -2.03. The van der Waals surface area contributed by atoms with Gasteiger partial charge in [0.15, 0.2) is 0 Å². The first-order valence-electron chi connectivity index (χ1n) is 19.9. The minimum absolute atomic E-state index is 0.359. The van der Waals surface area contributed by atoms with Crippen LogP contribution in [0.25, 0.3) is 93.6 Å². The lowest BCUT2D eigenvalue weighted by Gasteiger charge is -2.19. The summed E-state index contributed by atoms with van der Waals surface area (Å²) < 4.78 is 7.43. The van der Waals surface area contributed by atoms with Crippen LogP contribution in [0, 0.1) is 0 Å². The molecule has 0 N–H and O–H groups in total. The van der Waals surface area contributed by atoms with Gasteiger partial charge in [0.05, 0.1) is 33.1 Å². The zero-order valence-electron chi connectivity index (χ0n) is 31.3. The molecule has 0 aliphatic heterocycles. The Kier molecular flexibility index (Phi) is 7.05. The predicted octanol–water partition coefficient (Wildman–Crippen LogP) is 14.2. The molecule has 0 spiro atoms. The second kappa shape index (κ2) is 12.6. The third-order valence-electron chi connectivity index (χ3n) is 12.1. The van der Waals surface area contributed by atoms with Crippen LogP contribution in [0.3, 0.4) is 0 Å². The highest BCUT2D eigenvalue weighted by Gasteiger charge is 2.26. The van der Waals surface area contributed by atoms with Gasteiger partial charge in [-0.25, -0.2) is 0 Å². The number of aromatic nitrogens is 3. The molecule has 0 fully saturated rings. The number of hydrogen-bond acceptors (Lipinski definition) is 0. The van der Waals surface area contributed by atoms with Crippen LogP contribution < -0.4 is 0 Å². The van der Waals surface area contributed by atoms with Gasteiger partial charge in [0.1, 0.15) is 0 Å². The molecule has 3 heteroatoms. The summed E-state index contributed by atoms with van der Waals surface area (Å²) in [4.78, 5) is 0. The van der Waals surface area contributed by atoms with Crippen molar-refractivity contribution < 1.29 is 0 Å². The number of fused-ring (bicyclic) bond motifs is 10. The Balaban J connectivity index is 1.20. The Hall–Kier alpha value is -7.36. The van der Waals surface area contributed by atoms with E-state index in [1.54, 1.807) is 0 Å². The third kappa shape index (κ3) is 4.79. The van der Waals surface area contributed by atoms with Crippen molar-refractivity contribution in [3.05, 3.63) is 212 Å². The van der Waals surface area contributed by atoms with Gasteiger partial charge in [0.2, 0.25) is 0 Å². The first-order chi connectivity index (χ1) is 28.3. The molecule has 3 aromatic heterocycles. The molecule has 1 atom stereocenters. The maximum absolute atomic E-state index is 2.53. The van der Waals surface area contributed by atoms with Crippen LogP contribution in [0.4, 0.5) is 0 Å². The summed E-state index contributed by atoms with van der Waals surface area (Å²) in [6.07, 6.45) is 8.13. The maximum atomic E-state index is 2.53. The van der Waals surface area contributed by atoms with E-state index in [1.165, 1.54) is 93.5 Å². The second-order valence-corrected chi connectivity index (χ2v) is 15.2. The predicted molar refractivity (Wildman–Crippen MR) is 241 cm³/mol. The lowest BCUT2D eigenvalue weighted by atomic mass is 9.91. The molecule has 0 saturated heterocycles. The molecule has 1 aliphatic rings. The lowest BCUT2D eigenvalue weighted by molar-refractivity contribution is 0.850. The average Bonchev–Trinajstić information content (AvgIpc) is 3.93. The van der Waals surface area contributed by atoms with Gasteiger partial charge in [-0.15, -0.1) is 0 Å². The van der Waals surface area contributed by atoms with Crippen molar-refractivity contribution in [3.8, 4) is 22.5 Å². The van der Waals surface area contributed by atoms with Crippen LogP contribution in [-0.4, -0.2) is 13.7 Å². The fraction of sp³-hybridized carbons (Fsp3) is 0.0370. The molecule has 268 valence electrons. The Bertz CT molecular complexity index is 3410. The van der Waals surface area contributed by atoms with Crippen LogP contribution in [0.5, 0.6) is 0 Å². The quantitative estimate of drug-likeness (QED) is 0.168. The van der Waals surface area contributed by atoms with E-state index in [4.69, 9.17) is 0 Å². The minimum Gasteiger partial charge on any atom is -0.309 e. The van der Waals surface area contributed by atoms with Gasteiger partial charge in [0.25, 0.3) is 0 Å². The molecule has 1 aliphatic carbocycles. The fourth-order valence-electron chi connectivity index (χ4n) is 9.66. The SMILES string of the molecule is C1=CC(c2ccccc2)CC=C1n1c2ccccc2c2cc(-c3ccc4c(c3)c3ccccc3n4-c3ccccc3)c3c(c4ccccc4n3-c3ccccc3)c21. The van der Waals surface area contributed by atoms with Crippen molar-refractivity contribution in [2.75, 3.05) is 0 Å². The zero-order chi connectivity index (χ0) is 37.5. The standard InChI is InChI=1S/C54H37N3/c1-4-16-36(17-5-1)37-28-31-41(32-29-37)57-49-26-14-11-23-43(49)47-35-45(53-52(54(47)57)44-24-12-15-27-50(44)56(53)40-20-8-3-9-21-40)38-30-33-51-46(34-38)42-22-10-13-25-48(42)55(51)39-18-6-2-7-19-39/h1-28,30-35,37H,29H2. The van der Waals surface area contributed by atoms with Gasteiger partial charge in [0, 0.05) is 60.9 Å². The second-order valence-electron chi connectivity index (χ2n) is 15.2. The minimum atomic E-state index is 0.359. The Morgan fingerprint density at radius 3 is 1.61 bits per heavy atom. The van der Waals surface area contributed by atoms with Gasteiger partial charge >= 0.3 is 0 Å². The van der Waals surface area contributed by atoms with E-state index in [0.29, 0.717) is 5.92 Å². The topological polar surface area (TPSA) is 14.8 Å². The van der Waals surface area contributed by atoms with Gasteiger partial charge in [-0.2, -0.15) is 0 Å². The van der Waals surface area contributed by atoms with E-state index in [0.717, 1.165) is 12.1 Å². The van der Waals surface area contributed by atoms with Crippen LogP contribution >= 0.6 is 0 Å². The van der Waals surface area contributed by atoms with E-state index in [9.17, 15) is 0 Å². The molecule has 1 unspecified atom stereocenters. The number of hydrogen-bond donors (Lipinski definition) is 0. The van der Waals surface area contributed by atoms with Crippen LogP contribution in [0.2, 0.25) is 0 Å². The normalized spacial score (nSPS) is 14.5. The Morgan fingerprint density at radius 1 is 0.404 bits per heavy atom. The van der Waals surface area contributed by atoms with E-state index in [-0.39, 0.29) is 0 Å². The highest BCUT2D eigenvalue weighted by atomic mass is 15.0. The number of allylic oxidation sites excluding steroid dienone is 4. The molecule has 8 aromatic carbocycles. The third-order valence-corrected chi connectivity index (χ3v) is 12.1. The van der Waals surface area contributed by atoms with E-state index < -0.39 is 0 Å². The summed E-state index contributed by atoms with van der Waals surface area (Å²) >= 11 is 0. The van der Waals surface area contributed by atoms with Gasteiger partial charge in [-0.05, 0) is 84.3 Å². The smallest absolute Gasteiger partial charge is 0.0641 e. The largest absolute Gasteiger partial charge is 0.309 e. The summed E-state index contributed by atoms with van der Waals surface area (Å²) in [5.41, 5.74) is 14.6. The van der Waals surface area contributed by atoms with Crippen molar-refractivity contribution in [1.29, 1.82) is 0 Å². The average molecular weight is 728 g/mol. The first-order valence-corrected chi connectivity index (χ1v) is 19.9. The molecular weight excluding hydrogens is 691 g/mol. The molecule has 11 aromatic rings. The number of benzene rings is 8. The molecule has 57 heavy (non-hydrogen) atoms. The van der Waals surface area contributed by atoms with Gasteiger partial charge in [-0.3, -0.25) is 0 Å². The van der Waals surface area contributed by atoms with Crippen molar-refractivity contribution in [2.45, 2.75) is 12.3 Å². The highest BCUT2D eigenvalue weighted by molar-refractivity contribution is 6.30. The summed E-state index contributed by atoms with van der Waals surface area (Å²) in [5, 5.41) is 7.53. The highest BCUT2D eigenvalue weighted by Crippen LogP contribution is 2.47. The Morgan fingerprint density at radius 2 is 0.947 bits per heavy atom. The molecule has 0 saturated carbocycles. The summed E-state index contributed by atoms with van der Waals surface area (Å²) in [7, 11) is 0. The van der Waals surface area contributed by atoms with Crippen molar-refractivity contribution in [3.63, 3.8) is 0 Å². The van der Waals surface area contributed by atoms with Gasteiger partial charge < -0.3 is 13.7 Å². The molecule has 3 heterocycles. The molecule has 3 nitrogen and oxygen atoms in total. The van der Waals surface area contributed by atoms with E-state index in [1.807, 2.05) is 0 Å². The van der Waals surface area contributed by atoms with E-state index in [2.05, 4.69) is 220 Å². The molecule has 0 radical (unpaired) electrons. The van der Waals surface area contributed by atoms with Crippen LogP contribution in [-0.2, 0) is 0 Å². The zero-order valence-corrected chi connectivity index (χ0v) is 31.3. The first kappa shape index (κ1) is 31.9. The summed E-state index contributed by atoms with van der Waals surface area (Å²) in [6.45, 7) is 0. The van der Waals surface area contributed by atoms with Crippen molar-refractivity contribution in [2.24, 2.45) is 0 Å². The molecule has 12 rings (SSSR count). The van der Waals surface area contributed by atoms with Crippen LogP contribution in [0.15, 0.2) is 206 Å². The number of rotatable bonds is 5. The molecule has 0 bridgehead atoms. The van der Waals surface area contributed by atoms with Crippen molar-refractivity contribution >= 4 is 71.1 Å². The number of para-hydroxylation sites is 5. The van der Waals surface area contributed by atoms with Crippen molar-refractivity contribution in [1.82, 2.24) is 13.7 Å². The fourth-order valence-corrected chi connectivity index (χ4v) is 9.66. The Labute approximate surface area is 330 Å². The summed E-state index contributed by atoms with van der Waals surface area (Å²) in [6, 6.07) is 68.8. The maximum Gasteiger partial charge on any atom is 0.0641 e. The number of nitrogens with zero attached hydrogens (tertiary/aromatic N) is 3. The van der Waals surface area contributed by atoms with Crippen LogP contribution in [0.1, 0.15) is 17.9 Å². The molecule has 0 amide bonds. The molecular formula is C54H37N3.